The lowest BCUT2D eigenvalue weighted by Gasteiger charge is -2.08. The zero-order chi connectivity index (χ0) is 20.9. The number of hydrogen-bond donors (Lipinski definition) is 2. The number of hydrogen-bond acceptors (Lipinski definition) is 4. The van der Waals surface area contributed by atoms with Crippen LogP contribution in [0.2, 0.25) is 0 Å². The number of nitrogens with one attached hydrogen (secondary N) is 2. The van der Waals surface area contributed by atoms with Crippen molar-refractivity contribution in [3.05, 3.63) is 101 Å². The Hall–Kier alpha value is -4.20. The van der Waals surface area contributed by atoms with E-state index in [1.807, 2.05) is 18.2 Å². The van der Waals surface area contributed by atoms with Crippen molar-refractivity contribution in [3.63, 3.8) is 0 Å². The van der Waals surface area contributed by atoms with E-state index in [0.29, 0.717) is 16.9 Å². The Balaban J connectivity index is 1.39. The van der Waals surface area contributed by atoms with Gasteiger partial charge in [-0.15, -0.1) is 5.10 Å². The molecule has 8 nitrogen and oxygen atoms in total. The Bertz CT molecular complexity index is 1260. The van der Waals surface area contributed by atoms with Gasteiger partial charge in [0.05, 0.1) is 13.1 Å². The molecule has 2 N–H and O–H groups in total. The zero-order valence-electron chi connectivity index (χ0n) is 16.0. The highest BCUT2D eigenvalue weighted by Gasteiger charge is 2.09. The molecule has 0 saturated heterocycles. The molecular weight excluding hydrogens is 382 g/mol. The monoisotopic (exact) mass is 401 g/mol. The van der Waals surface area contributed by atoms with Crippen molar-refractivity contribution in [1.29, 1.82) is 0 Å². The summed E-state index contributed by atoms with van der Waals surface area (Å²) in [5, 5.41) is 9.64. The molecule has 0 aliphatic carbocycles. The lowest BCUT2D eigenvalue weighted by Crippen LogP contribution is -2.32. The molecule has 0 aliphatic rings. The number of amides is 2. The average Bonchev–Trinajstić information content (AvgIpc) is 3.08. The Morgan fingerprint density at radius 1 is 0.933 bits per heavy atom. The molecule has 4 rings (SSSR count). The van der Waals surface area contributed by atoms with Gasteiger partial charge in [-0.1, -0.05) is 36.4 Å². The van der Waals surface area contributed by atoms with Crippen molar-refractivity contribution in [2.75, 3.05) is 11.9 Å². The summed E-state index contributed by atoms with van der Waals surface area (Å²) in [6, 6.07) is 21.2. The van der Waals surface area contributed by atoms with Gasteiger partial charge in [0.25, 0.3) is 5.91 Å². The van der Waals surface area contributed by atoms with E-state index in [9.17, 15) is 14.4 Å². The van der Waals surface area contributed by atoms with Crippen LogP contribution < -0.4 is 16.3 Å². The fraction of sp³-hybridized carbons (Fsp3) is 0.0909. The van der Waals surface area contributed by atoms with Crippen molar-refractivity contribution >= 4 is 23.1 Å². The van der Waals surface area contributed by atoms with Crippen LogP contribution in [0.1, 0.15) is 15.9 Å². The van der Waals surface area contributed by atoms with Gasteiger partial charge in [0.2, 0.25) is 5.91 Å². The Labute approximate surface area is 171 Å². The average molecular weight is 401 g/mol. The summed E-state index contributed by atoms with van der Waals surface area (Å²) in [5.41, 5.74) is 2.21. The Kier molecular flexibility index (Phi) is 5.38. The van der Waals surface area contributed by atoms with E-state index in [0.717, 1.165) is 5.56 Å². The van der Waals surface area contributed by atoms with E-state index in [4.69, 9.17) is 0 Å². The molecule has 2 aromatic heterocycles. The molecule has 0 atom stereocenters. The molecule has 0 aliphatic heterocycles. The van der Waals surface area contributed by atoms with E-state index in [1.165, 1.54) is 9.08 Å². The second kappa shape index (κ2) is 8.44. The van der Waals surface area contributed by atoms with Crippen molar-refractivity contribution in [1.82, 2.24) is 19.5 Å². The number of aromatic nitrogens is 3. The number of anilines is 1. The summed E-state index contributed by atoms with van der Waals surface area (Å²) in [4.78, 5) is 36.6. The topological polar surface area (TPSA) is 97.5 Å². The maximum atomic E-state index is 12.4. The third-order valence-electron chi connectivity index (χ3n) is 4.48. The van der Waals surface area contributed by atoms with Crippen LogP contribution in [-0.4, -0.2) is 32.5 Å². The SMILES string of the molecule is O=C(CNC(=O)c1ccccc1)Nc1cccc(Cn2nc3ccccn3c2=O)c1. The van der Waals surface area contributed by atoms with Gasteiger partial charge in [0.1, 0.15) is 0 Å². The fourth-order valence-corrected chi connectivity index (χ4v) is 3.05. The smallest absolute Gasteiger partial charge is 0.343 e. The van der Waals surface area contributed by atoms with Crippen LogP contribution in [0.5, 0.6) is 0 Å². The third-order valence-corrected chi connectivity index (χ3v) is 4.48. The maximum absolute atomic E-state index is 12.4. The van der Waals surface area contributed by atoms with Crippen molar-refractivity contribution < 1.29 is 9.59 Å². The second-order valence-electron chi connectivity index (χ2n) is 6.67. The Morgan fingerprint density at radius 2 is 1.73 bits per heavy atom. The first-order valence-corrected chi connectivity index (χ1v) is 9.36. The Morgan fingerprint density at radius 3 is 2.53 bits per heavy atom. The van der Waals surface area contributed by atoms with Crippen LogP contribution in [0.15, 0.2) is 83.8 Å². The van der Waals surface area contributed by atoms with Gasteiger partial charge in [-0.05, 0) is 42.0 Å². The van der Waals surface area contributed by atoms with Gasteiger partial charge < -0.3 is 10.6 Å². The van der Waals surface area contributed by atoms with E-state index in [1.54, 1.807) is 60.8 Å². The first kappa shape index (κ1) is 19.1. The first-order valence-electron chi connectivity index (χ1n) is 9.36. The predicted octanol–water partition coefficient (Wildman–Crippen LogP) is 1.91. The molecule has 0 bridgehead atoms. The maximum Gasteiger partial charge on any atom is 0.350 e. The number of carbonyl (C=O) groups excluding carboxylic acids is 2. The zero-order valence-corrected chi connectivity index (χ0v) is 16.0. The molecule has 30 heavy (non-hydrogen) atoms. The van der Waals surface area contributed by atoms with E-state index in [2.05, 4.69) is 15.7 Å². The highest BCUT2D eigenvalue weighted by molar-refractivity contribution is 5.99. The number of benzene rings is 2. The summed E-state index contributed by atoms with van der Waals surface area (Å²) in [5.74, 6) is -0.660. The van der Waals surface area contributed by atoms with Gasteiger partial charge in [0, 0.05) is 17.4 Å². The van der Waals surface area contributed by atoms with E-state index in [-0.39, 0.29) is 30.6 Å². The number of nitrogens with zero attached hydrogens (tertiary/aromatic N) is 3. The predicted molar refractivity (Wildman–Crippen MR) is 112 cm³/mol. The van der Waals surface area contributed by atoms with Crippen LogP contribution >= 0.6 is 0 Å². The van der Waals surface area contributed by atoms with Crippen LogP contribution in [0.25, 0.3) is 5.65 Å². The highest BCUT2D eigenvalue weighted by Crippen LogP contribution is 2.11. The molecule has 8 heteroatoms. The van der Waals surface area contributed by atoms with E-state index >= 15 is 0 Å². The van der Waals surface area contributed by atoms with E-state index < -0.39 is 0 Å². The van der Waals surface area contributed by atoms with Crippen LogP contribution in [0.4, 0.5) is 5.69 Å². The summed E-state index contributed by atoms with van der Waals surface area (Å²) < 4.78 is 2.84. The minimum atomic E-state index is -0.346. The molecule has 4 aromatic rings. The molecule has 0 spiro atoms. The fourth-order valence-electron chi connectivity index (χ4n) is 3.05. The third kappa shape index (κ3) is 4.27. The lowest BCUT2D eigenvalue weighted by atomic mass is 10.2. The van der Waals surface area contributed by atoms with Crippen molar-refractivity contribution in [2.24, 2.45) is 0 Å². The van der Waals surface area contributed by atoms with Gasteiger partial charge in [0.15, 0.2) is 5.65 Å². The van der Waals surface area contributed by atoms with Gasteiger partial charge >= 0.3 is 5.69 Å². The highest BCUT2D eigenvalue weighted by atomic mass is 16.2. The van der Waals surface area contributed by atoms with Crippen LogP contribution in [-0.2, 0) is 11.3 Å². The second-order valence-corrected chi connectivity index (χ2v) is 6.67. The van der Waals surface area contributed by atoms with Gasteiger partial charge in [-0.25, -0.2) is 9.48 Å². The molecule has 2 heterocycles. The summed E-state index contributed by atoms with van der Waals surface area (Å²) in [6.07, 6.45) is 1.67. The molecule has 2 amide bonds. The number of rotatable bonds is 6. The number of carbonyl (C=O) groups is 2. The minimum absolute atomic E-state index is 0.149. The molecule has 150 valence electrons. The first-order chi connectivity index (χ1) is 14.6. The largest absolute Gasteiger partial charge is 0.350 e. The van der Waals surface area contributed by atoms with Gasteiger partial charge in [-0.2, -0.15) is 0 Å². The quantitative estimate of drug-likeness (QED) is 0.516. The van der Waals surface area contributed by atoms with Crippen molar-refractivity contribution in [2.45, 2.75) is 6.54 Å². The molecule has 0 radical (unpaired) electrons. The van der Waals surface area contributed by atoms with Gasteiger partial charge in [-0.3, -0.25) is 14.0 Å². The minimum Gasteiger partial charge on any atom is -0.343 e. The molecule has 0 saturated carbocycles. The molecular formula is C22H19N5O3. The summed E-state index contributed by atoms with van der Waals surface area (Å²) >= 11 is 0. The van der Waals surface area contributed by atoms with Crippen LogP contribution in [0.3, 0.4) is 0 Å². The van der Waals surface area contributed by atoms with Crippen molar-refractivity contribution in [3.8, 4) is 0 Å². The van der Waals surface area contributed by atoms with Crippen LogP contribution in [0, 0.1) is 0 Å². The lowest BCUT2D eigenvalue weighted by molar-refractivity contribution is -0.115. The standard InChI is InChI=1S/C22H19N5O3/c28-20(14-23-21(29)17-8-2-1-3-9-17)24-18-10-6-7-16(13-18)15-27-22(30)26-12-5-4-11-19(26)25-27/h1-13H,14-15H2,(H,23,29)(H,24,28). The normalized spacial score (nSPS) is 10.7. The number of pyridine rings is 1. The molecule has 0 fully saturated rings. The molecule has 0 unspecified atom stereocenters. The summed E-state index contributed by atoms with van der Waals surface area (Å²) in [6.45, 7) is 0.124. The summed E-state index contributed by atoms with van der Waals surface area (Å²) in [7, 11) is 0. The number of fused-ring (bicyclic) bond motifs is 1. The molecule has 2 aromatic carbocycles.